The van der Waals surface area contributed by atoms with Crippen LogP contribution in [0.5, 0.6) is 0 Å². The second-order valence-electron chi connectivity index (χ2n) is 6.25. The van der Waals surface area contributed by atoms with Crippen LogP contribution in [-0.2, 0) is 17.6 Å². The summed E-state index contributed by atoms with van der Waals surface area (Å²) in [4.78, 5) is 32.5. The lowest BCUT2D eigenvalue weighted by Gasteiger charge is -2.15. The number of imidazole rings is 1. The summed E-state index contributed by atoms with van der Waals surface area (Å²) < 4.78 is 4.85. The fourth-order valence-corrected chi connectivity index (χ4v) is 3.21. The van der Waals surface area contributed by atoms with Crippen molar-refractivity contribution in [1.29, 1.82) is 0 Å². The summed E-state index contributed by atoms with van der Waals surface area (Å²) in [6.07, 6.45) is 0.276. The van der Waals surface area contributed by atoms with Crippen molar-refractivity contribution < 1.29 is 19.4 Å². The Labute approximate surface area is 145 Å². The molecule has 1 aliphatic heterocycles. The van der Waals surface area contributed by atoms with Gasteiger partial charge in [0.25, 0.3) is 0 Å². The zero-order valence-corrected chi connectivity index (χ0v) is 14.5. The van der Waals surface area contributed by atoms with Crippen LogP contribution in [0, 0.1) is 13.8 Å². The number of carbonyl (C=O) groups excluding carboxylic acids is 1. The number of fused-ring (bicyclic) bond motifs is 1. The summed E-state index contributed by atoms with van der Waals surface area (Å²) in [7, 11) is 1.37. The molecule has 0 aliphatic carbocycles. The molecule has 132 valence electrons. The summed E-state index contributed by atoms with van der Waals surface area (Å²) in [5, 5.41) is 9.13. The SMILES string of the molecule is COC(=O)c1cc(-c2nc3c([nH]2)CCN(C(=O)O)CC3)c(C)cc1C. The third-order valence-electron chi connectivity index (χ3n) is 4.62. The number of ether oxygens (including phenoxy) is 1. The minimum absolute atomic E-state index is 0.371. The van der Waals surface area contributed by atoms with Gasteiger partial charge in [0.15, 0.2) is 0 Å². The first kappa shape index (κ1) is 17.0. The van der Waals surface area contributed by atoms with Crippen molar-refractivity contribution in [2.75, 3.05) is 20.2 Å². The molecule has 7 heteroatoms. The Morgan fingerprint density at radius 1 is 1.20 bits per heavy atom. The second-order valence-corrected chi connectivity index (χ2v) is 6.25. The number of rotatable bonds is 2. The van der Waals surface area contributed by atoms with Gasteiger partial charge in [-0.05, 0) is 31.0 Å². The average molecular weight is 343 g/mol. The van der Waals surface area contributed by atoms with Gasteiger partial charge >= 0.3 is 12.1 Å². The predicted molar refractivity (Wildman–Crippen MR) is 91.8 cm³/mol. The maximum absolute atomic E-state index is 12.0. The summed E-state index contributed by atoms with van der Waals surface area (Å²) in [5.41, 5.74) is 5.09. The first-order valence-corrected chi connectivity index (χ1v) is 8.16. The van der Waals surface area contributed by atoms with E-state index in [1.165, 1.54) is 12.0 Å². The summed E-state index contributed by atoms with van der Waals surface area (Å²) >= 11 is 0. The largest absolute Gasteiger partial charge is 0.465 e. The molecule has 25 heavy (non-hydrogen) atoms. The Morgan fingerprint density at radius 3 is 2.60 bits per heavy atom. The van der Waals surface area contributed by atoms with Gasteiger partial charge in [0.1, 0.15) is 5.82 Å². The standard InChI is InChI=1S/C18H21N3O4/c1-10-8-11(2)13(17(22)25-3)9-12(10)16-19-14-4-6-21(18(23)24)7-5-15(14)20-16/h8-9H,4-7H2,1-3H3,(H,19,20)(H,23,24). The maximum Gasteiger partial charge on any atom is 0.407 e. The van der Waals surface area contributed by atoms with Gasteiger partial charge in [-0.25, -0.2) is 14.6 Å². The Kier molecular flexibility index (Phi) is 4.48. The first-order valence-electron chi connectivity index (χ1n) is 8.16. The van der Waals surface area contributed by atoms with Crippen molar-refractivity contribution in [3.8, 4) is 11.4 Å². The molecule has 7 nitrogen and oxygen atoms in total. The lowest BCUT2D eigenvalue weighted by Crippen LogP contribution is -2.31. The lowest BCUT2D eigenvalue weighted by atomic mass is 9.99. The number of carbonyl (C=O) groups is 2. The topological polar surface area (TPSA) is 95.5 Å². The van der Waals surface area contributed by atoms with Gasteiger partial charge in [-0.3, -0.25) is 0 Å². The average Bonchev–Trinajstić information content (AvgIpc) is 2.86. The number of aromatic nitrogens is 2. The van der Waals surface area contributed by atoms with E-state index in [2.05, 4.69) is 9.97 Å². The molecule has 0 fully saturated rings. The molecular formula is C18H21N3O4. The minimum Gasteiger partial charge on any atom is -0.465 e. The highest BCUT2D eigenvalue weighted by Crippen LogP contribution is 2.27. The Morgan fingerprint density at radius 2 is 1.92 bits per heavy atom. The monoisotopic (exact) mass is 343 g/mol. The van der Waals surface area contributed by atoms with E-state index in [0.29, 0.717) is 37.3 Å². The summed E-state index contributed by atoms with van der Waals surface area (Å²) in [5.74, 6) is 0.334. The molecule has 0 saturated carbocycles. The quantitative estimate of drug-likeness (QED) is 0.817. The van der Waals surface area contributed by atoms with Gasteiger partial charge in [-0.2, -0.15) is 0 Å². The number of methoxy groups -OCH3 is 1. The molecule has 1 aromatic carbocycles. The highest BCUT2D eigenvalue weighted by atomic mass is 16.5. The smallest absolute Gasteiger partial charge is 0.407 e. The minimum atomic E-state index is -0.900. The zero-order valence-electron chi connectivity index (χ0n) is 14.5. The van der Waals surface area contributed by atoms with Crippen LogP contribution in [0.4, 0.5) is 4.79 Å². The highest BCUT2D eigenvalue weighted by molar-refractivity contribution is 5.92. The molecule has 0 bridgehead atoms. The van der Waals surface area contributed by atoms with E-state index >= 15 is 0 Å². The van der Waals surface area contributed by atoms with E-state index in [0.717, 1.165) is 28.1 Å². The van der Waals surface area contributed by atoms with Crippen LogP contribution in [0.15, 0.2) is 12.1 Å². The van der Waals surface area contributed by atoms with E-state index in [1.54, 1.807) is 6.07 Å². The van der Waals surface area contributed by atoms with Crippen molar-refractivity contribution >= 4 is 12.1 Å². The molecule has 2 heterocycles. The number of nitrogens with zero attached hydrogens (tertiary/aromatic N) is 2. The number of benzene rings is 1. The summed E-state index contributed by atoms with van der Waals surface area (Å²) in [6, 6.07) is 3.75. The molecule has 0 radical (unpaired) electrons. The van der Waals surface area contributed by atoms with Crippen molar-refractivity contribution in [2.45, 2.75) is 26.7 Å². The van der Waals surface area contributed by atoms with Crippen molar-refractivity contribution in [1.82, 2.24) is 14.9 Å². The highest BCUT2D eigenvalue weighted by Gasteiger charge is 2.22. The number of aromatic amines is 1. The molecular weight excluding hydrogens is 322 g/mol. The lowest BCUT2D eigenvalue weighted by molar-refractivity contribution is 0.0600. The zero-order chi connectivity index (χ0) is 18.1. The van der Waals surface area contributed by atoms with Gasteiger partial charge < -0.3 is 19.7 Å². The van der Waals surface area contributed by atoms with E-state index in [9.17, 15) is 9.59 Å². The van der Waals surface area contributed by atoms with Gasteiger partial charge in [-0.1, -0.05) is 6.07 Å². The van der Waals surface area contributed by atoms with E-state index in [4.69, 9.17) is 9.84 Å². The van der Waals surface area contributed by atoms with Crippen molar-refractivity contribution in [3.63, 3.8) is 0 Å². The molecule has 2 N–H and O–H groups in total. The van der Waals surface area contributed by atoms with Gasteiger partial charge in [-0.15, -0.1) is 0 Å². The van der Waals surface area contributed by atoms with Crippen LogP contribution in [-0.4, -0.2) is 52.2 Å². The first-order chi connectivity index (χ1) is 11.9. The molecule has 2 aromatic rings. The molecule has 1 amide bonds. The number of hydrogen-bond acceptors (Lipinski definition) is 4. The van der Waals surface area contributed by atoms with E-state index < -0.39 is 6.09 Å². The van der Waals surface area contributed by atoms with Gasteiger partial charge in [0.2, 0.25) is 0 Å². The second kappa shape index (κ2) is 6.58. The molecule has 0 saturated heterocycles. The van der Waals surface area contributed by atoms with Gasteiger partial charge in [0.05, 0.1) is 18.4 Å². The molecule has 3 rings (SSSR count). The Balaban J connectivity index is 1.96. The number of hydrogen-bond donors (Lipinski definition) is 2. The predicted octanol–water partition coefficient (Wildman–Crippen LogP) is 2.56. The molecule has 0 spiro atoms. The number of nitrogens with one attached hydrogen (secondary N) is 1. The van der Waals surface area contributed by atoms with Crippen LogP contribution in [0.3, 0.4) is 0 Å². The van der Waals surface area contributed by atoms with Crippen molar-refractivity contribution in [2.24, 2.45) is 0 Å². The fraction of sp³-hybridized carbons (Fsp3) is 0.389. The van der Waals surface area contributed by atoms with Crippen LogP contribution >= 0.6 is 0 Å². The molecule has 1 aliphatic rings. The van der Waals surface area contributed by atoms with Gasteiger partial charge in [0, 0.05) is 37.2 Å². The number of carboxylic acid groups (broad SMARTS) is 1. The van der Waals surface area contributed by atoms with E-state index in [1.807, 2.05) is 19.9 Å². The van der Waals surface area contributed by atoms with Crippen molar-refractivity contribution in [3.05, 3.63) is 40.2 Å². The molecule has 0 atom stereocenters. The third kappa shape index (κ3) is 3.22. The number of amides is 1. The summed E-state index contributed by atoms with van der Waals surface area (Å²) in [6.45, 7) is 4.74. The Bertz CT molecular complexity index is 816. The van der Waals surface area contributed by atoms with Crippen LogP contribution < -0.4 is 0 Å². The van der Waals surface area contributed by atoms with Crippen LogP contribution in [0.1, 0.15) is 32.9 Å². The van der Waals surface area contributed by atoms with E-state index in [-0.39, 0.29) is 5.97 Å². The third-order valence-corrected chi connectivity index (χ3v) is 4.62. The normalized spacial score (nSPS) is 14.0. The van der Waals surface area contributed by atoms with Crippen LogP contribution in [0.2, 0.25) is 0 Å². The number of H-pyrrole nitrogens is 1. The number of aryl methyl sites for hydroxylation is 2. The Hall–Kier alpha value is -2.83. The number of esters is 1. The molecule has 1 aromatic heterocycles. The van der Waals surface area contributed by atoms with Crippen LogP contribution in [0.25, 0.3) is 11.4 Å². The maximum atomic E-state index is 12.0. The molecule has 0 unspecified atom stereocenters. The fourth-order valence-electron chi connectivity index (χ4n) is 3.21.